The van der Waals surface area contributed by atoms with E-state index in [1.54, 1.807) is 17.3 Å². The van der Waals surface area contributed by atoms with Crippen molar-refractivity contribution in [2.75, 3.05) is 13.2 Å². The van der Waals surface area contributed by atoms with Crippen LogP contribution in [0.3, 0.4) is 0 Å². The highest BCUT2D eigenvalue weighted by Crippen LogP contribution is 2.21. The van der Waals surface area contributed by atoms with E-state index in [9.17, 15) is 4.79 Å². The van der Waals surface area contributed by atoms with Gasteiger partial charge in [-0.2, -0.15) is 0 Å². The number of hydrogen-bond donors (Lipinski definition) is 0. The standard InChI is InChI=1S/C15H16N4O2/c1-2-21-14-4-3-11-9-19(6-5-13(11)18-14)15(20)12-7-16-10-17-8-12/h3-4,7-8,10H,2,5-6,9H2,1H3. The second-order valence-corrected chi connectivity index (χ2v) is 4.79. The molecule has 0 saturated carbocycles. The first-order valence-corrected chi connectivity index (χ1v) is 6.94. The molecule has 3 rings (SSSR count). The van der Waals surface area contributed by atoms with Crippen LogP contribution in [0.4, 0.5) is 0 Å². The highest BCUT2D eigenvalue weighted by molar-refractivity contribution is 5.93. The molecule has 1 aliphatic rings. The molecule has 2 aromatic heterocycles. The zero-order chi connectivity index (χ0) is 14.7. The van der Waals surface area contributed by atoms with Gasteiger partial charge in [0.15, 0.2) is 0 Å². The lowest BCUT2D eigenvalue weighted by Gasteiger charge is -2.28. The maximum absolute atomic E-state index is 12.4. The van der Waals surface area contributed by atoms with Gasteiger partial charge in [-0.15, -0.1) is 0 Å². The molecule has 3 heterocycles. The Morgan fingerprint density at radius 3 is 2.90 bits per heavy atom. The Labute approximate surface area is 122 Å². The number of carbonyl (C=O) groups excluding carboxylic acids is 1. The first-order chi connectivity index (χ1) is 10.3. The Kier molecular flexibility index (Phi) is 3.77. The van der Waals surface area contributed by atoms with Crippen molar-refractivity contribution < 1.29 is 9.53 Å². The molecular formula is C15H16N4O2. The van der Waals surface area contributed by atoms with Crippen LogP contribution in [0.2, 0.25) is 0 Å². The van der Waals surface area contributed by atoms with Crippen LogP contribution in [0.25, 0.3) is 0 Å². The summed E-state index contributed by atoms with van der Waals surface area (Å²) in [5, 5.41) is 0. The van der Waals surface area contributed by atoms with Gasteiger partial charge < -0.3 is 9.64 Å². The van der Waals surface area contributed by atoms with Crippen molar-refractivity contribution in [1.82, 2.24) is 19.9 Å². The molecule has 0 aliphatic carbocycles. The topological polar surface area (TPSA) is 68.2 Å². The van der Waals surface area contributed by atoms with E-state index < -0.39 is 0 Å². The Balaban J connectivity index is 1.77. The number of carbonyl (C=O) groups is 1. The fourth-order valence-corrected chi connectivity index (χ4v) is 2.39. The first kappa shape index (κ1) is 13.5. The van der Waals surface area contributed by atoms with Crippen molar-refractivity contribution in [3.63, 3.8) is 0 Å². The van der Waals surface area contributed by atoms with Gasteiger partial charge in [-0.3, -0.25) is 4.79 Å². The summed E-state index contributed by atoms with van der Waals surface area (Å²) in [6, 6.07) is 3.83. The van der Waals surface area contributed by atoms with E-state index >= 15 is 0 Å². The van der Waals surface area contributed by atoms with Crippen molar-refractivity contribution in [3.05, 3.63) is 47.7 Å². The SMILES string of the molecule is CCOc1ccc2c(n1)CCN(C(=O)c1cncnc1)C2. The minimum atomic E-state index is -0.0462. The van der Waals surface area contributed by atoms with Gasteiger partial charge in [-0.05, 0) is 12.5 Å². The summed E-state index contributed by atoms with van der Waals surface area (Å²) in [5.41, 5.74) is 2.59. The Morgan fingerprint density at radius 1 is 1.33 bits per heavy atom. The van der Waals surface area contributed by atoms with Gasteiger partial charge in [0.25, 0.3) is 5.91 Å². The Bertz CT molecular complexity index is 645. The minimum Gasteiger partial charge on any atom is -0.478 e. The zero-order valence-electron chi connectivity index (χ0n) is 11.8. The number of aromatic nitrogens is 3. The summed E-state index contributed by atoms with van der Waals surface area (Å²) < 4.78 is 5.41. The second kappa shape index (κ2) is 5.87. The third kappa shape index (κ3) is 2.84. The van der Waals surface area contributed by atoms with Crippen molar-refractivity contribution in [2.24, 2.45) is 0 Å². The third-order valence-electron chi connectivity index (χ3n) is 3.41. The fraction of sp³-hybridized carbons (Fsp3) is 0.333. The zero-order valence-corrected chi connectivity index (χ0v) is 11.8. The van der Waals surface area contributed by atoms with Crippen molar-refractivity contribution in [3.8, 4) is 5.88 Å². The number of ether oxygens (including phenoxy) is 1. The number of hydrogen-bond acceptors (Lipinski definition) is 5. The normalized spacial score (nSPS) is 13.7. The molecule has 21 heavy (non-hydrogen) atoms. The lowest BCUT2D eigenvalue weighted by atomic mass is 10.1. The van der Waals surface area contributed by atoms with Crippen LogP contribution < -0.4 is 4.74 Å². The molecule has 0 radical (unpaired) electrons. The Morgan fingerprint density at radius 2 is 2.14 bits per heavy atom. The molecule has 0 unspecified atom stereocenters. The number of pyridine rings is 1. The van der Waals surface area contributed by atoms with Crippen LogP contribution in [0.1, 0.15) is 28.5 Å². The van der Waals surface area contributed by atoms with Gasteiger partial charge in [0.2, 0.25) is 5.88 Å². The van der Waals surface area contributed by atoms with Crippen LogP contribution in [0.15, 0.2) is 30.9 Å². The molecule has 0 fully saturated rings. The molecule has 2 aromatic rings. The molecule has 6 nitrogen and oxygen atoms in total. The van der Waals surface area contributed by atoms with Gasteiger partial charge in [0, 0.05) is 38.0 Å². The van der Waals surface area contributed by atoms with Crippen LogP contribution >= 0.6 is 0 Å². The van der Waals surface area contributed by atoms with Gasteiger partial charge >= 0.3 is 0 Å². The summed E-state index contributed by atoms with van der Waals surface area (Å²) in [6.07, 6.45) is 5.24. The van der Waals surface area contributed by atoms with Crippen molar-refractivity contribution in [2.45, 2.75) is 19.9 Å². The largest absolute Gasteiger partial charge is 0.478 e. The maximum Gasteiger partial charge on any atom is 0.257 e. The van der Waals surface area contributed by atoms with Gasteiger partial charge in [-0.1, -0.05) is 6.07 Å². The molecule has 6 heteroatoms. The smallest absolute Gasteiger partial charge is 0.257 e. The molecule has 1 aliphatic heterocycles. The average molecular weight is 284 g/mol. The lowest BCUT2D eigenvalue weighted by Crippen LogP contribution is -2.36. The van der Waals surface area contributed by atoms with E-state index in [-0.39, 0.29) is 5.91 Å². The van der Waals surface area contributed by atoms with Gasteiger partial charge in [-0.25, -0.2) is 15.0 Å². The Hall–Kier alpha value is -2.50. The first-order valence-electron chi connectivity index (χ1n) is 6.94. The molecule has 0 spiro atoms. The van der Waals surface area contributed by atoms with Crippen molar-refractivity contribution in [1.29, 1.82) is 0 Å². The number of rotatable bonds is 3. The van der Waals surface area contributed by atoms with Crippen LogP contribution in [0, 0.1) is 0 Å². The van der Waals surface area contributed by atoms with E-state index in [0.29, 0.717) is 31.1 Å². The fourth-order valence-electron chi connectivity index (χ4n) is 2.39. The van der Waals surface area contributed by atoms with Gasteiger partial charge in [0.05, 0.1) is 17.9 Å². The van der Waals surface area contributed by atoms with Crippen LogP contribution in [0.5, 0.6) is 5.88 Å². The van der Waals surface area contributed by atoms with E-state index in [4.69, 9.17) is 4.74 Å². The highest BCUT2D eigenvalue weighted by atomic mass is 16.5. The number of fused-ring (bicyclic) bond motifs is 1. The quantitative estimate of drug-likeness (QED) is 0.853. The molecular weight excluding hydrogens is 268 g/mol. The van der Waals surface area contributed by atoms with E-state index in [0.717, 1.165) is 17.7 Å². The summed E-state index contributed by atoms with van der Waals surface area (Å²) >= 11 is 0. The average Bonchev–Trinajstić information content (AvgIpc) is 2.55. The summed E-state index contributed by atoms with van der Waals surface area (Å²) in [6.45, 7) is 3.74. The molecule has 0 aromatic carbocycles. The molecule has 0 bridgehead atoms. The van der Waals surface area contributed by atoms with E-state index in [1.165, 1.54) is 6.33 Å². The predicted octanol–water partition coefficient (Wildman–Crippen LogP) is 1.47. The molecule has 0 saturated heterocycles. The van der Waals surface area contributed by atoms with Crippen LogP contribution in [-0.2, 0) is 13.0 Å². The molecule has 108 valence electrons. The second-order valence-electron chi connectivity index (χ2n) is 4.79. The third-order valence-corrected chi connectivity index (χ3v) is 3.41. The van der Waals surface area contributed by atoms with Gasteiger partial charge in [0.1, 0.15) is 6.33 Å². The highest BCUT2D eigenvalue weighted by Gasteiger charge is 2.23. The van der Waals surface area contributed by atoms with Crippen LogP contribution in [-0.4, -0.2) is 38.9 Å². The maximum atomic E-state index is 12.4. The molecule has 0 N–H and O–H groups in total. The summed E-state index contributed by atoms with van der Waals surface area (Å²) in [7, 11) is 0. The van der Waals surface area contributed by atoms with E-state index in [2.05, 4.69) is 15.0 Å². The summed E-state index contributed by atoms with van der Waals surface area (Å²) in [5.74, 6) is 0.600. The van der Waals surface area contributed by atoms with E-state index in [1.807, 2.05) is 19.1 Å². The molecule has 1 amide bonds. The number of amides is 1. The predicted molar refractivity (Wildman–Crippen MR) is 75.9 cm³/mol. The molecule has 0 atom stereocenters. The number of nitrogens with zero attached hydrogens (tertiary/aromatic N) is 4. The van der Waals surface area contributed by atoms with Crippen molar-refractivity contribution >= 4 is 5.91 Å². The summed E-state index contributed by atoms with van der Waals surface area (Å²) in [4.78, 5) is 26.4. The monoisotopic (exact) mass is 284 g/mol. The minimum absolute atomic E-state index is 0.0462. The lowest BCUT2D eigenvalue weighted by molar-refractivity contribution is 0.0732.